The van der Waals surface area contributed by atoms with E-state index < -0.39 is 6.09 Å². The Morgan fingerprint density at radius 2 is 2.24 bits per heavy atom. The highest BCUT2D eigenvalue weighted by molar-refractivity contribution is 8.01. The number of thioether (sulfide) groups is 1. The molecule has 25 heavy (non-hydrogen) atoms. The number of aromatic nitrogens is 3. The zero-order chi connectivity index (χ0) is 17.8. The summed E-state index contributed by atoms with van der Waals surface area (Å²) in [5.41, 5.74) is 7.22. The van der Waals surface area contributed by atoms with E-state index in [4.69, 9.17) is 10.5 Å². The van der Waals surface area contributed by atoms with Gasteiger partial charge in [0, 0.05) is 28.6 Å². The van der Waals surface area contributed by atoms with Gasteiger partial charge in [0.25, 0.3) is 0 Å². The first kappa shape index (κ1) is 17.8. The van der Waals surface area contributed by atoms with E-state index >= 15 is 0 Å². The van der Waals surface area contributed by atoms with Crippen molar-refractivity contribution >= 4 is 41.0 Å². The van der Waals surface area contributed by atoms with Crippen LogP contribution >= 0.6 is 34.9 Å². The second kappa shape index (κ2) is 7.94. The Labute approximate surface area is 157 Å². The molecule has 0 bridgehead atoms. The average molecular weight is 393 g/mol. The van der Waals surface area contributed by atoms with Crippen LogP contribution in [0.25, 0.3) is 11.1 Å². The number of aryl methyl sites for hydroxylation is 1. The van der Waals surface area contributed by atoms with Gasteiger partial charge in [0.1, 0.15) is 11.6 Å². The molecule has 0 fully saturated rings. The highest BCUT2D eigenvalue weighted by atomic mass is 32.2. The number of thiazole rings is 1. The smallest absolute Gasteiger partial charge is 0.404 e. The molecule has 6 nitrogen and oxygen atoms in total. The Hall–Kier alpha value is -1.97. The maximum Gasteiger partial charge on any atom is 0.404 e. The third kappa shape index (κ3) is 4.56. The summed E-state index contributed by atoms with van der Waals surface area (Å²) in [6.45, 7) is 0.104. The molecular formula is C16H16N4O2S3. The number of hydrogen-bond acceptors (Lipinski definition) is 7. The van der Waals surface area contributed by atoms with Crippen molar-refractivity contribution in [2.75, 3.05) is 6.26 Å². The summed E-state index contributed by atoms with van der Waals surface area (Å²) in [5.74, 6) is 0. The van der Waals surface area contributed by atoms with Gasteiger partial charge in [-0.1, -0.05) is 11.8 Å². The van der Waals surface area contributed by atoms with Crippen LogP contribution in [-0.2, 0) is 18.4 Å². The van der Waals surface area contributed by atoms with Gasteiger partial charge in [-0.3, -0.25) is 4.68 Å². The molecular weight excluding hydrogens is 376 g/mol. The van der Waals surface area contributed by atoms with E-state index in [-0.39, 0.29) is 6.61 Å². The van der Waals surface area contributed by atoms with Crippen molar-refractivity contribution in [1.29, 1.82) is 0 Å². The second-order valence-electron chi connectivity index (χ2n) is 5.05. The summed E-state index contributed by atoms with van der Waals surface area (Å²) < 4.78 is 7.59. The summed E-state index contributed by atoms with van der Waals surface area (Å²) in [5, 5.41) is 4.98. The highest BCUT2D eigenvalue weighted by Gasteiger charge is 2.10. The molecule has 0 aliphatic carbocycles. The van der Waals surface area contributed by atoms with E-state index in [9.17, 15) is 4.79 Å². The Morgan fingerprint density at radius 1 is 1.40 bits per heavy atom. The molecule has 3 rings (SSSR count). The summed E-state index contributed by atoms with van der Waals surface area (Å²) in [4.78, 5) is 17.2. The first-order chi connectivity index (χ1) is 12.0. The maximum atomic E-state index is 10.7. The Kier molecular flexibility index (Phi) is 5.67. The molecule has 0 aliphatic heterocycles. The molecule has 1 amide bonds. The van der Waals surface area contributed by atoms with Crippen molar-refractivity contribution in [3.8, 4) is 11.1 Å². The number of nitrogens with two attached hydrogens (primary N) is 1. The first-order valence-electron chi connectivity index (χ1n) is 7.27. The fourth-order valence-electron chi connectivity index (χ4n) is 2.19. The van der Waals surface area contributed by atoms with Crippen molar-refractivity contribution in [1.82, 2.24) is 14.8 Å². The van der Waals surface area contributed by atoms with E-state index in [1.165, 1.54) is 16.2 Å². The van der Waals surface area contributed by atoms with E-state index in [2.05, 4.69) is 34.5 Å². The van der Waals surface area contributed by atoms with Crippen molar-refractivity contribution in [3.63, 3.8) is 0 Å². The minimum Gasteiger partial charge on any atom is -0.442 e. The van der Waals surface area contributed by atoms with Crippen LogP contribution < -0.4 is 5.73 Å². The Bertz CT molecular complexity index is 891. The van der Waals surface area contributed by atoms with E-state index in [1.807, 2.05) is 19.4 Å². The lowest BCUT2D eigenvalue weighted by atomic mass is 10.1. The molecule has 2 heterocycles. The molecule has 2 aromatic heterocycles. The molecule has 0 saturated heterocycles. The number of hydrogen-bond donors (Lipinski definition) is 1. The SMILES string of the molecule is CSc1ccc(Sc2cnc(COC(N)=O)s2)cc1-c1cnn(C)c1. The minimum absolute atomic E-state index is 0.104. The van der Waals surface area contributed by atoms with Crippen molar-refractivity contribution in [2.24, 2.45) is 12.8 Å². The van der Waals surface area contributed by atoms with E-state index in [0.717, 1.165) is 25.2 Å². The Morgan fingerprint density at radius 3 is 2.92 bits per heavy atom. The molecule has 0 atom stereocenters. The number of carbonyl (C=O) groups excluding carboxylic acids is 1. The topological polar surface area (TPSA) is 83.0 Å². The van der Waals surface area contributed by atoms with Gasteiger partial charge in [-0.25, -0.2) is 9.78 Å². The molecule has 0 radical (unpaired) electrons. The van der Waals surface area contributed by atoms with Crippen LogP contribution in [-0.4, -0.2) is 27.1 Å². The number of carbonyl (C=O) groups is 1. The van der Waals surface area contributed by atoms with Gasteiger partial charge in [-0.05, 0) is 30.0 Å². The molecule has 0 saturated carbocycles. The summed E-state index contributed by atoms with van der Waals surface area (Å²) in [7, 11) is 1.91. The Balaban J connectivity index is 1.80. The van der Waals surface area contributed by atoms with Crippen LogP contribution in [0.4, 0.5) is 4.79 Å². The zero-order valence-corrected chi connectivity index (χ0v) is 16.1. The van der Waals surface area contributed by atoms with Gasteiger partial charge in [-0.15, -0.1) is 23.1 Å². The molecule has 130 valence electrons. The van der Waals surface area contributed by atoms with Gasteiger partial charge < -0.3 is 10.5 Å². The lowest BCUT2D eigenvalue weighted by Gasteiger charge is -2.08. The standard InChI is InChI=1S/C16H16N4O2S3/c1-20-8-10(6-19-20)12-5-11(3-4-13(12)23-2)24-15-7-18-14(25-15)9-22-16(17)21/h3-8H,9H2,1-2H3,(H2,17,21). The fraction of sp³-hybridized carbons (Fsp3) is 0.188. The molecule has 2 N–H and O–H groups in total. The van der Waals surface area contributed by atoms with Gasteiger partial charge in [-0.2, -0.15) is 5.10 Å². The third-order valence-electron chi connectivity index (χ3n) is 3.28. The van der Waals surface area contributed by atoms with Gasteiger partial charge in [0.15, 0.2) is 0 Å². The number of benzene rings is 1. The van der Waals surface area contributed by atoms with Crippen LogP contribution in [0.3, 0.4) is 0 Å². The third-order valence-corrected chi connectivity index (χ3v) is 6.13. The predicted octanol–water partition coefficient (Wildman–Crippen LogP) is 4.01. The number of ether oxygens (including phenoxy) is 1. The average Bonchev–Trinajstić information content (AvgIpc) is 3.22. The molecule has 0 aliphatic rings. The lowest BCUT2D eigenvalue weighted by Crippen LogP contribution is -2.12. The van der Waals surface area contributed by atoms with Crippen LogP contribution in [0, 0.1) is 0 Å². The van der Waals surface area contributed by atoms with Gasteiger partial charge in [0.2, 0.25) is 0 Å². The number of rotatable bonds is 6. The van der Waals surface area contributed by atoms with Crippen LogP contribution in [0.15, 0.2) is 50.8 Å². The molecule has 0 spiro atoms. The summed E-state index contributed by atoms with van der Waals surface area (Å²) in [6.07, 6.45) is 6.93. The monoisotopic (exact) mass is 392 g/mol. The minimum atomic E-state index is -0.793. The normalized spacial score (nSPS) is 10.8. The highest BCUT2D eigenvalue weighted by Crippen LogP contribution is 2.37. The number of primary amides is 1. The van der Waals surface area contributed by atoms with Crippen LogP contribution in [0.5, 0.6) is 0 Å². The van der Waals surface area contributed by atoms with E-state index in [1.54, 1.807) is 34.4 Å². The van der Waals surface area contributed by atoms with Crippen molar-refractivity contribution in [2.45, 2.75) is 20.6 Å². The lowest BCUT2D eigenvalue weighted by molar-refractivity contribution is 0.150. The maximum absolute atomic E-state index is 10.7. The largest absolute Gasteiger partial charge is 0.442 e. The van der Waals surface area contributed by atoms with Crippen molar-refractivity contribution in [3.05, 3.63) is 41.8 Å². The van der Waals surface area contributed by atoms with Crippen molar-refractivity contribution < 1.29 is 9.53 Å². The van der Waals surface area contributed by atoms with Gasteiger partial charge >= 0.3 is 6.09 Å². The molecule has 1 aromatic carbocycles. The van der Waals surface area contributed by atoms with E-state index in [0.29, 0.717) is 0 Å². The first-order valence-corrected chi connectivity index (χ1v) is 10.1. The van der Waals surface area contributed by atoms with Crippen LogP contribution in [0.1, 0.15) is 5.01 Å². The molecule has 0 unspecified atom stereocenters. The van der Waals surface area contributed by atoms with Crippen LogP contribution in [0.2, 0.25) is 0 Å². The summed E-state index contributed by atoms with van der Waals surface area (Å²) in [6, 6.07) is 6.37. The molecule has 9 heteroatoms. The zero-order valence-electron chi connectivity index (χ0n) is 13.6. The fourth-order valence-corrected chi connectivity index (χ4v) is 4.75. The molecule has 3 aromatic rings. The van der Waals surface area contributed by atoms with Gasteiger partial charge in [0.05, 0.1) is 16.6 Å². The predicted molar refractivity (Wildman–Crippen MR) is 101 cm³/mol. The quantitative estimate of drug-likeness (QED) is 0.638. The second-order valence-corrected chi connectivity index (χ2v) is 8.38. The number of nitrogens with zero attached hydrogens (tertiary/aromatic N) is 3. The summed E-state index contributed by atoms with van der Waals surface area (Å²) >= 11 is 4.82. The number of amides is 1.